The predicted molar refractivity (Wildman–Crippen MR) is 105 cm³/mol. The standard InChI is InChI=1S/C21H25N3O3/c1-23(2)18(16-8-4-3-5-9-16)14-22-20(25)15-24-17-10-6-7-11-19(17)27-13-12-21(24)26/h3-11,18H,12-15H2,1-2H3,(H,22,25)/t18-/m1/s1. The highest BCUT2D eigenvalue weighted by Gasteiger charge is 2.25. The van der Waals surface area contributed by atoms with E-state index in [1.807, 2.05) is 62.6 Å². The Balaban J connectivity index is 1.67. The second-order valence-electron chi connectivity index (χ2n) is 6.74. The number of carbonyl (C=O) groups excluding carboxylic acids is 2. The summed E-state index contributed by atoms with van der Waals surface area (Å²) < 4.78 is 5.62. The molecule has 2 amide bonds. The van der Waals surface area contributed by atoms with Crippen LogP contribution < -0.4 is 15.0 Å². The fraction of sp³-hybridized carbons (Fsp3) is 0.333. The molecule has 2 aromatic rings. The lowest BCUT2D eigenvalue weighted by atomic mass is 10.1. The van der Waals surface area contributed by atoms with Crippen molar-refractivity contribution in [3.63, 3.8) is 0 Å². The molecule has 3 rings (SSSR count). The van der Waals surface area contributed by atoms with Gasteiger partial charge in [-0.05, 0) is 31.8 Å². The molecular formula is C21H25N3O3. The quantitative estimate of drug-likeness (QED) is 0.850. The van der Waals surface area contributed by atoms with Crippen molar-refractivity contribution in [2.45, 2.75) is 12.5 Å². The van der Waals surface area contributed by atoms with Gasteiger partial charge in [0.2, 0.25) is 11.8 Å². The number of carbonyl (C=O) groups is 2. The van der Waals surface area contributed by atoms with E-state index in [1.165, 1.54) is 4.90 Å². The molecule has 0 aromatic heterocycles. The van der Waals surface area contributed by atoms with Crippen LogP contribution in [-0.2, 0) is 9.59 Å². The van der Waals surface area contributed by atoms with Crippen LogP contribution in [0, 0.1) is 0 Å². The molecule has 1 aliphatic rings. The van der Waals surface area contributed by atoms with Gasteiger partial charge in [-0.1, -0.05) is 42.5 Å². The minimum absolute atomic E-state index is 0.0197. The molecule has 27 heavy (non-hydrogen) atoms. The Morgan fingerprint density at radius 2 is 1.85 bits per heavy atom. The number of nitrogens with zero attached hydrogens (tertiary/aromatic N) is 2. The van der Waals surface area contributed by atoms with Crippen LogP contribution in [0.15, 0.2) is 54.6 Å². The summed E-state index contributed by atoms with van der Waals surface area (Å²) in [6, 6.07) is 17.4. The maximum atomic E-state index is 12.6. The Kier molecular flexibility index (Phi) is 6.08. The SMILES string of the molecule is CN(C)[C@H](CNC(=O)CN1C(=O)CCOc2ccccc21)c1ccccc1. The van der Waals surface area contributed by atoms with Gasteiger partial charge in [-0.25, -0.2) is 0 Å². The van der Waals surface area contributed by atoms with Crippen molar-refractivity contribution in [3.05, 3.63) is 60.2 Å². The van der Waals surface area contributed by atoms with Gasteiger partial charge in [0.25, 0.3) is 0 Å². The summed E-state index contributed by atoms with van der Waals surface area (Å²) >= 11 is 0. The van der Waals surface area contributed by atoms with Crippen LogP contribution in [0.2, 0.25) is 0 Å². The molecule has 2 aromatic carbocycles. The van der Waals surface area contributed by atoms with Gasteiger partial charge in [-0.15, -0.1) is 0 Å². The number of para-hydroxylation sites is 2. The van der Waals surface area contributed by atoms with Crippen LogP contribution in [0.4, 0.5) is 5.69 Å². The Bertz CT molecular complexity index is 792. The van der Waals surface area contributed by atoms with Gasteiger partial charge in [-0.2, -0.15) is 0 Å². The number of ether oxygens (including phenoxy) is 1. The van der Waals surface area contributed by atoms with Crippen LogP contribution in [-0.4, -0.2) is 50.5 Å². The third-order valence-electron chi connectivity index (χ3n) is 4.63. The molecule has 1 aliphatic heterocycles. The molecule has 0 unspecified atom stereocenters. The molecule has 6 nitrogen and oxygen atoms in total. The first-order chi connectivity index (χ1) is 13.1. The topological polar surface area (TPSA) is 61.9 Å². The van der Waals surface area contributed by atoms with Crippen molar-refractivity contribution in [1.82, 2.24) is 10.2 Å². The average Bonchev–Trinajstić information content (AvgIpc) is 2.82. The summed E-state index contributed by atoms with van der Waals surface area (Å²) in [5.74, 6) is 0.330. The molecule has 0 saturated heterocycles. The van der Waals surface area contributed by atoms with E-state index in [2.05, 4.69) is 10.2 Å². The van der Waals surface area contributed by atoms with Gasteiger partial charge in [-0.3, -0.25) is 14.5 Å². The number of rotatable bonds is 6. The molecule has 0 spiro atoms. The van der Waals surface area contributed by atoms with Crippen molar-refractivity contribution >= 4 is 17.5 Å². The van der Waals surface area contributed by atoms with E-state index in [0.717, 1.165) is 5.56 Å². The van der Waals surface area contributed by atoms with Crippen LogP contribution in [0.25, 0.3) is 0 Å². The molecule has 0 saturated carbocycles. The van der Waals surface area contributed by atoms with Gasteiger partial charge in [0.15, 0.2) is 0 Å². The maximum absolute atomic E-state index is 12.6. The number of fused-ring (bicyclic) bond motifs is 1. The van der Waals surface area contributed by atoms with Crippen LogP contribution in [0.3, 0.4) is 0 Å². The summed E-state index contributed by atoms with van der Waals surface area (Å²) in [6.45, 7) is 0.773. The third kappa shape index (κ3) is 4.65. The number of hydrogen-bond donors (Lipinski definition) is 1. The zero-order chi connectivity index (χ0) is 19.2. The lowest BCUT2D eigenvalue weighted by molar-refractivity contribution is -0.124. The second kappa shape index (κ2) is 8.68. The zero-order valence-corrected chi connectivity index (χ0v) is 15.7. The van der Waals surface area contributed by atoms with E-state index in [1.54, 1.807) is 6.07 Å². The van der Waals surface area contributed by atoms with E-state index in [0.29, 0.717) is 24.6 Å². The summed E-state index contributed by atoms with van der Waals surface area (Å²) in [5, 5.41) is 2.97. The summed E-state index contributed by atoms with van der Waals surface area (Å²) in [7, 11) is 3.96. The molecule has 0 aliphatic carbocycles. The van der Waals surface area contributed by atoms with E-state index in [9.17, 15) is 9.59 Å². The minimum atomic E-state index is -0.192. The molecular weight excluding hydrogens is 342 g/mol. The first kappa shape index (κ1) is 18.9. The molecule has 0 radical (unpaired) electrons. The van der Waals surface area contributed by atoms with Crippen molar-refractivity contribution in [1.29, 1.82) is 0 Å². The van der Waals surface area contributed by atoms with Crippen molar-refractivity contribution in [2.75, 3.05) is 38.7 Å². The highest BCUT2D eigenvalue weighted by Crippen LogP contribution is 2.30. The number of hydrogen-bond acceptors (Lipinski definition) is 4. The Morgan fingerprint density at radius 1 is 1.15 bits per heavy atom. The third-order valence-corrected chi connectivity index (χ3v) is 4.63. The number of amides is 2. The molecule has 1 heterocycles. The number of likely N-dealkylation sites (N-methyl/N-ethyl adjacent to an activating group) is 1. The lowest BCUT2D eigenvalue weighted by Crippen LogP contribution is -2.43. The number of anilines is 1. The first-order valence-corrected chi connectivity index (χ1v) is 9.06. The zero-order valence-electron chi connectivity index (χ0n) is 15.7. The first-order valence-electron chi connectivity index (χ1n) is 9.06. The maximum Gasteiger partial charge on any atom is 0.240 e. The Labute approximate surface area is 159 Å². The molecule has 142 valence electrons. The van der Waals surface area contributed by atoms with Crippen molar-refractivity contribution in [3.8, 4) is 5.75 Å². The van der Waals surface area contributed by atoms with Gasteiger partial charge in [0.05, 0.1) is 24.8 Å². The highest BCUT2D eigenvalue weighted by atomic mass is 16.5. The van der Waals surface area contributed by atoms with Crippen LogP contribution in [0.1, 0.15) is 18.0 Å². The van der Waals surface area contributed by atoms with Gasteiger partial charge >= 0.3 is 0 Å². The fourth-order valence-electron chi connectivity index (χ4n) is 3.18. The van der Waals surface area contributed by atoms with Gasteiger partial charge < -0.3 is 15.0 Å². The molecule has 6 heteroatoms. The average molecular weight is 367 g/mol. The molecule has 0 bridgehead atoms. The molecule has 0 fully saturated rings. The van der Waals surface area contributed by atoms with Gasteiger partial charge in [0.1, 0.15) is 12.3 Å². The van der Waals surface area contributed by atoms with Crippen LogP contribution in [0.5, 0.6) is 5.75 Å². The van der Waals surface area contributed by atoms with Crippen molar-refractivity contribution in [2.24, 2.45) is 0 Å². The van der Waals surface area contributed by atoms with Crippen LogP contribution >= 0.6 is 0 Å². The Morgan fingerprint density at radius 3 is 2.59 bits per heavy atom. The summed E-state index contributed by atoms with van der Waals surface area (Å²) in [5.41, 5.74) is 1.77. The van der Waals surface area contributed by atoms with Gasteiger partial charge in [0, 0.05) is 6.54 Å². The number of nitrogens with one attached hydrogen (secondary N) is 1. The summed E-state index contributed by atoms with van der Waals surface area (Å²) in [4.78, 5) is 28.6. The Hall–Kier alpha value is -2.86. The largest absolute Gasteiger partial charge is 0.491 e. The monoisotopic (exact) mass is 367 g/mol. The van der Waals surface area contributed by atoms with E-state index in [-0.39, 0.29) is 30.8 Å². The normalized spacial score (nSPS) is 14.9. The van der Waals surface area contributed by atoms with Crippen molar-refractivity contribution < 1.29 is 14.3 Å². The second-order valence-corrected chi connectivity index (χ2v) is 6.74. The fourth-order valence-corrected chi connectivity index (χ4v) is 3.18. The molecule has 1 atom stereocenters. The number of benzene rings is 2. The van der Waals surface area contributed by atoms with E-state index < -0.39 is 0 Å². The predicted octanol–water partition coefficient (Wildman–Crippen LogP) is 2.22. The lowest BCUT2D eigenvalue weighted by Gasteiger charge is -2.26. The minimum Gasteiger partial charge on any atom is -0.491 e. The highest BCUT2D eigenvalue weighted by molar-refractivity contribution is 6.00. The smallest absolute Gasteiger partial charge is 0.240 e. The summed E-state index contributed by atoms with van der Waals surface area (Å²) in [6.07, 6.45) is 0.256. The molecule has 1 N–H and O–H groups in total. The van der Waals surface area contributed by atoms with E-state index >= 15 is 0 Å². The van der Waals surface area contributed by atoms with E-state index in [4.69, 9.17) is 4.74 Å².